The molecular weight excluding hydrogens is 292 g/mol. The van der Waals surface area contributed by atoms with Crippen LogP contribution >= 0.6 is 11.8 Å². The zero-order valence-corrected chi connectivity index (χ0v) is 14.1. The van der Waals surface area contributed by atoms with Crippen LogP contribution < -0.4 is 5.32 Å². The van der Waals surface area contributed by atoms with Crippen LogP contribution in [0.25, 0.3) is 0 Å². The van der Waals surface area contributed by atoms with Gasteiger partial charge in [0.1, 0.15) is 0 Å². The number of benzene rings is 1. The second-order valence-electron chi connectivity index (χ2n) is 5.41. The van der Waals surface area contributed by atoms with Crippen LogP contribution in [0.1, 0.15) is 36.1 Å². The van der Waals surface area contributed by atoms with E-state index in [9.17, 15) is 4.79 Å². The van der Waals surface area contributed by atoms with Gasteiger partial charge in [-0.1, -0.05) is 6.07 Å². The van der Waals surface area contributed by atoms with Gasteiger partial charge in [-0.25, -0.2) is 0 Å². The molecule has 4 heteroatoms. The molecule has 1 unspecified atom stereocenters. The average Bonchev–Trinajstić information content (AvgIpc) is 2.51. The minimum absolute atomic E-state index is 0.0159. The predicted octanol–water partition coefficient (Wildman–Crippen LogP) is 4.06. The van der Waals surface area contributed by atoms with Crippen molar-refractivity contribution >= 4 is 17.7 Å². The Labute approximate surface area is 136 Å². The van der Waals surface area contributed by atoms with Crippen molar-refractivity contribution in [3.8, 4) is 0 Å². The predicted molar refractivity (Wildman–Crippen MR) is 92.1 cm³/mol. The van der Waals surface area contributed by atoms with Crippen molar-refractivity contribution in [2.75, 3.05) is 5.75 Å². The van der Waals surface area contributed by atoms with Crippen LogP contribution in [0.2, 0.25) is 0 Å². The molecule has 22 heavy (non-hydrogen) atoms. The van der Waals surface area contributed by atoms with Gasteiger partial charge in [0.15, 0.2) is 0 Å². The quantitative estimate of drug-likeness (QED) is 0.818. The normalized spacial score (nSPS) is 12.0. The van der Waals surface area contributed by atoms with Crippen LogP contribution in [-0.2, 0) is 4.79 Å². The van der Waals surface area contributed by atoms with Crippen LogP contribution in [0.3, 0.4) is 0 Å². The average molecular weight is 314 g/mol. The van der Waals surface area contributed by atoms with Crippen LogP contribution in [0, 0.1) is 13.8 Å². The lowest BCUT2D eigenvalue weighted by atomic mass is 10.1. The molecule has 0 aliphatic carbocycles. The number of thioether (sulfide) groups is 1. The highest BCUT2D eigenvalue weighted by Gasteiger charge is 2.09. The number of hydrogen-bond acceptors (Lipinski definition) is 3. The van der Waals surface area contributed by atoms with Crippen molar-refractivity contribution in [1.29, 1.82) is 0 Å². The fourth-order valence-electron chi connectivity index (χ4n) is 2.11. The molecule has 116 valence electrons. The molecule has 1 aromatic carbocycles. The number of carbonyl (C=O) groups is 1. The molecule has 0 fully saturated rings. The molecule has 1 atom stereocenters. The number of aryl methyl sites for hydroxylation is 2. The molecule has 1 amide bonds. The molecule has 2 aromatic rings. The summed E-state index contributed by atoms with van der Waals surface area (Å²) >= 11 is 1.72. The molecule has 2 rings (SSSR count). The van der Waals surface area contributed by atoms with E-state index >= 15 is 0 Å². The van der Waals surface area contributed by atoms with E-state index in [1.165, 1.54) is 16.0 Å². The number of amides is 1. The van der Waals surface area contributed by atoms with Gasteiger partial charge in [0, 0.05) is 29.5 Å². The van der Waals surface area contributed by atoms with E-state index < -0.39 is 0 Å². The number of rotatable bonds is 6. The fourth-order valence-corrected chi connectivity index (χ4v) is 3.06. The molecule has 0 radical (unpaired) electrons. The van der Waals surface area contributed by atoms with Gasteiger partial charge >= 0.3 is 0 Å². The summed E-state index contributed by atoms with van der Waals surface area (Å²) in [6, 6.07) is 10.3. The molecule has 0 spiro atoms. The Morgan fingerprint density at radius 2 is 1.91 bits per heavy atom. The second-order valence-corrected chi connectivity index (χ2v) is 6.58. The van der Waals surface area contributed by atoms with Crippen molar-refractivity contribution in [1.82, 2.24) is 10.3 Å². The number of nitrogens with zero attached hydrogens (tertiary/aromatic N) is 1. The maximum absolute atomic E-state index is 12.0. The largest absolute Gasteiger partial charge is 0.350 e. The second kappa shape index (κ2) is 7.99. The van der Waals surface area contributed by atoms with Crippen molar-refractivity contribution in [2.45, 2.75) is 38.1 Å². The van der Waals surface area contributed by atoms with Gasteiger partial charge < -0.3 is 5.32 Å². The van der Waals surface area contributed by atoms with Crippen molar-refractivity contribution in [3.05, 3.63) is 59.4 Å². The Bertz CT molecular complexity index is 628. The Balaban J connectivity index is 1.77. The first-order valence-corrected chi connectivity index (χ1v) is 8.44. The monoisotopic (exact) mass is 314 g/mol. The number of carbonyl (C=O) groups excluding carboxylic acids is 1. The van der Waals surface area contributed by atoms with Gasteiger partial charge in [-0.05, 0) is 61.7 Å². The highest BCUT2D eigenvalue weighted by atomic mass is 32.2. The van der Waals surface area contributed by atoms with Crippen LogP contribution in [-0.4, -0.2) is 16.6 Å². The van der Waals surface area contributed by atoms with Crippen molar-refractivity contribution in [2.24, 2.45) is 0 Å². The molecule has 1 heterocycles. The highest BCUT2D eigenvalue weighted by molar-refractivity contribution is 7.99. The summed E-state index contributed by atoms with van der Waals surface area (Å²) in [6.45, 7) is 6.21. The number of nitrogens with one attached hydrogen (secondary N) is 1. The molecule has 1 aromatic heterocycles. The Hall–Kier alpha value is -1.81. The van der Waals surface area contributed by atoms with Gasteiger partial charge in [0.2, 0.25) is 5.91 Å². The summed E-state index contributed by atoms with van der Waals surface area (Å²) in [6.07, 6.45) is 4.01. The van der Waals surface area contributed by atoms with Gasteiger partial charge in [0.25, 0.3) is 0 Å². The summed E-state index contributed by atoms with van der Waals surface area (Å²) < 4.78 is 0. The molecule has 0 aliphatic rings. The molecule has 0 saturated carbocycles. The zero-order chi connectivity index (χ0) is 15.9. The Morgan fingerprint density at radius 3 is 2.59 bits per heavy atom. The number of aromatic nitrogens is 1. The van der Waals surface area contributed by atoms with Gasteiger partial charge in [-0.2, -0.15) is 0 Å². The smallest absolute Gasteiger partial charge is 0.221 e. The van der Waals surface area contributed by atoms with E-state index in [1.54, 1.807) is 24.2 Å². The molecule has 0 bridgehead atoms. The van der Waals surface area contributed by atoms with Gasteiger partial charge in [-0.15, -0.1) is 11.8 Å². The van der Waals surface area contributed by atoms with Crippen LogP contribution in [0.15, 0.2) is 47.6 Å². The summed E-state index contributed by atoms with van der Waals surface area (Å²) in [5, 5.41) is 3.02. The fraction of sp³-hybridized carbons (Fsp3) is 0.333. The minimum atomic E-state index is 0.0159. The van der Waals surface area contributed by atoms with E-state index in [0.29, 0.717) is 6.42 Å². The first-order valence-electron chi connectivity index (χ1n) is 7.45. The molecular formula is C18H22N2OS. The molecule has 3 nitrogen and oxygen atoms in total. The third-order valence-electron chi connectivity index (χ3n) is 3.66. The maximum atomic E-state index is 12.0. The van der Waals surface area contributed by atoms with Crippen LogP contribution in [0.4, 0.5) is 0 Å². The highest BCUT2D eigenvalue weighted by Crippen LogP contribution is 2.21. The Morgan fingerprint density at radius 1 is 1.18 bits per heavy atom. The summed E-state index contributed by atoms with van der Waals surface area (Å²) in [5.74, 6) is 0.873. The summed E-state index contributed by atoms with van der Waals surface area (Å²) in [5.41, 5.74) is 3.67. The third-order valence-corrected chi connectivity index (χ3v) is 4.66. The van der Waals surface area contributed by atoms with E-state index in [4.69, 9.17) is 0 Å². The maximum Gasteiger partial charge on any atom is 0.221 e. The van der Waals surface area contributed by atoms with E-state index in [1.807, 2.05) is 19.1 Å². The first kappa shape index (κ1) is 16.6. The van der Waals surface area contributed by atoms with Gasteiger partial charge in [-0.3, -0.25) is 9.78 Å². The molecule has 1 N–H and O–H groups in total. The van der Waals surface area contributed by atoms with E-state index in [-0.39, 0.29) is 11.9 Å². The lowest BCUT2D eigenvalue weighted by molar-refractivity contribution is -0.121. The SMILES string of the molecule is Cc1ccc(SCCC(=O)NC(C)c2ccncc2)cc1C. The van der Waals surface area contributed by atoms with E-state index in [2.05, 4.69) is 42.3 Å². The minimum Gasteiger partial charge on any atom is -0.350 e. The number of hydrogen-bond donors (Lipinski definition) is 1. The molecule has 0 saturated heterocycles. The summed E-state index contributed by atoms with van der Waals surface area (Å²) in [4.78, 5) is 17.2. The third kappa shape index (κ3) is 4.88. The van der Waals surface area contributed by atoms with Gasteiger partial charge in [0.05, 0.1) is 6.04 Å². The Kier molecular flexibility index (Phi) is 6.01. The standard InChI is InChI=1S/C18H22N2OS/c1-13-4-5-17(12-14(13)2)22-11-8-18(21)20-15(3)16-6-9-19-10-7-16/h4-7,9-10,12,15H,8,11H2,1-3H3,(H,20,21). The molecule has 0 aliphatic heterocycles. The number of pyridine rings is 1. The topological polar surface area (TPSA) is 42.0 Å². The zero-order valence-electron chi connectivity index (χ0n) is 13.3. The van der Waals surface area contributed by atoms with Crippen molar-refractivity contribution < 1.29 is 4.79 Å². The lowest BCUT2D eigenvalue weighted by Gasteiger charge is -2.14. The lowest BCUT2D eigenvalue weighted by Crippen LogP contribution is -2.26. The first-order chi connectivity index (χ1) is 10.6. The summed E-state index contributed by atoms with van der Waals surface area (Å²) in [7, 11) is 0. The van der Waals surface area contributed by atoms with Crippen molar-refractivity contribution in [3.63, 3.8) is 0 Å². The van der Waals surface area contributed by atoms with E-state index in [0.717, 1.165) is 11.3 Å². The van der Waals surface area contributed by atoms with Crippen LogP contribution in [0.5, 0.6) is 0 Å².